The lowest BCUT2D eigenvalue weighted by atomic mass is 10.1. The van der Waals surface area contributed by atoms with Gasteiger partial charge in [-0.1, -0.05) is 42.0 Å². The van der Waals surface area contributed by atoms with E-state index < -0.39 is 0 Å². The molecule has 0 saturated heterocycles. The molecule has 0 aliphatic heterocycles. The number of aryl methyl sites for hydroxylation is 2. The Morgan fingerprint density at radius 3 is 2.46 bits per heavy atom. The number of aromatic nitrogens is 3. The van der Waals surface area contributed by atoms with Crippen molar-refractivity contribution in [2.75, 3.05) is 5.32 Å². The fourth-order valence-electron chi connectivity index (χ4n) is 3.01. The minimum atomic E-state index is -0.271. The van der Waals surface area contributed by atoms with Crippen LogP contribution in [0.5, 0.6) is 0 Å². The van der Waals surface area contributed by atoms with Crippen LogP contribution >= 0.6 is 0 Å². The highest BCUT2D eigenvalue weighted by Crippen LogP contribution is 2.25. The van der Waals surface area contributed by atoms with Crippen molar-refractivity contribution in [1.29, 1.82) is 0 Å². The van der Waals surface area contributed by atoms with Crippen LogP contribution in [0.25, 0.3) is 16.9 Å². The number of rotatable bonds is 4. The van der Waals surface area contributed by atoms with Gasteiger partial charge in [0.2, 0.25) is 0 Å². The second-order valence-corrected chi connectivity index (χ2v) is 6.73. The first-order valence-electron chi connectivity index (χ1n) is 9.06. The van der Waals surface area contributed by atoms with Gasteiger partial charge in [-0.3, -0.25) is 9.78 Å². The van der Waals surface area contributed by atoms with E-state index in [0.717, 1.165) is 22.5 Å². The number of carbonyl (C=O) groups excluding carboxylic acids is 1. The SMILES string of the molecule is Cc1ccc(-c2cc(C(=O)Nc3cccnc3)nn2-c2cccc(C)c2)cc1. The Bertz CT molecular complexity index is 1120. The molecule has 4 rings (SSSR count). The van der Waals surface area contributed by atoms with E-state index in [2.05, 4.69) is 34.5 Å². The highest BCUT2D eigenvalue weighted by molar-refractivity contribution is 6.03. The van der Waals surface area contributed by atoms with Crippen LogP contribution < -0.4 is 5.32 Å². The lowest BCUT2D eigenvalue weighted by Crippen LogP contribution is -2.13. The summed E-state index contributed by atoms with van der Waals surface area (Å²) in [7, 11) is 0. The molecule has 0 bridgehead atoms. The molecule has 2 aromatic heterocycles. The van der Waals surface area contributed by atoms with Gasteiger partial charge in [0.15, 0.2) is 5.69 Å². The second kappa shape index (κ2) is 7.48. The summed E-state index contributed by atoms with van der Waals surface area (Å²) in [4.78, 5) is 16.8. The van der Waals surface area contributed by atoms with E-state index in [1.54, 1.807) is 24.5 Å². The van der Waals surface area contributed by atoms with Crippen LogP contribution in [0.1, 0.15) is 21.6 Å². The number of amides is 1. The Morgan fingerprint density at radius 2 is 1.75 bits per heavy atom. The standard InChI is InChI=1S/C23H20N4O/c1-16-8-10-18(11-9-16)22-14-21(23(28)25-19-6-4-12-24-15-19)26-27(22)20-7-3-5-17(2)13-20/h3-15H,1-2H3,(H,25,28). The van der Waals surface area contributed by atoms with Crippen molar-refractivity contribution < 1.29 is 4.79 Å². The smallest absolute Gasteiger partial charge is 0.276 e. The zero-order valence-electron chi connectivity index (χ0n) is 15.8. The maximum absolute atomic E-state index is 12.7. The van der Waals surface area contributed by atoms with Crippen LogP contribution in [0.3, 0.4) is 0 Å². The minimum Gasteiger partial charge on any atom is -0.319 e. The topological polar surface area (TPSA) is 59.8 Å². The van der Waals surface area contributed by atoms with Crippen LogP contribution in [0, 0.1) is 13.8 Å². The molecule has 138 valence electrons. The zero-order chi connectivity index (χ0) is 19.5. The molecule has 0 atom stereocenters. The number of nitrogens with zero attached hydrogens (tertiary/aromatic N) is 3. The second-order valence-electron chi connectivity index (χ2n) is 6.73. The molecule has 1 N–H and O–H groups in total. The number of anilines is 1. The average Bonchev–Trinajstić information content (AvgIpc) is 3.15. The predicted molar refractivity (Wildman–Crippen MR) is 111 cm³/mol. The Labute approximate surface area is 163 Å². The van der Waals surface area contributed by atoms with E-state index in [-0.39, 0.29) is 5.91 Å². The van der Waals surface area contributed by atoms with Crippen molar-refractivity contribution in [3.05, 3.63) is 95.9 Å². The van der Waals surface area contributed by atoms with Gasteiger partial charge in [0, 0.05) is 11.8 Å². The summed E-state index contributed by atoms with van der Waals surface area (Å²) in [5.41, 5.74) is 6.07. The highest BCUT2D eigenvalue weighted by Gasteiger charge is 2.17. The monoisotopic (exact) mass is 368 g/mol. The van der Waals surface area contributed by atoms with Gasteiger partial charge in [0.05, 0.1) is 23.3 Å². The minimum absolute atomic E-state index is 0.271. The third-order valence-corrected chi connectivity index (χ3v) is 4.45. The Kier molecular flexibility index (Phi) is 4.72. The molecule has 28 heavy (non-hydrogen) atoms. The lowest BCUT2D eigenvalue weighted by Gasteiger charge is -2.08. The van der Waals surface area contributed by atoms with Gasteiger partial charge in [-0.15, -0.1) is 0 Å². The van der Waals surface area contributed by atoms with Crippen molar-refractivity contribution in [2.24, 2.45) is 0 Å². The summed E-state index contributed by atoms with van der Waals surface area (Å²) in [5, 5.41) is 7.45. The molecule has 0 spiro atoms. The van der Waals surface area contributed by atoms with Gasteiger partial charge in [-0.2, -0.15) is 5.10 Å². The molecule has 4 aromatic rings. The molecule has 5 heteroatoms. The van der Waals surface area contributed by atoms with Crippen molar-refractivity contribution >= 4 is 11.6 Å². The van der Waals surface area contributed by atoms with Crippen LogP contribution in [-0.4, -0.2) is 20.7 Å². The number of hydrogen-bond acceptors (Lipinski definition) is 3. The molecule has 0 aliphatic carbocycles. The van der Waals surface area contributed by atoms with Gasteiger partial charge >= 0.3 is 0 Å². The third-order valence-electron chi connectivity index (χ3n) is 4.45. The number of nitrogens with one attached hydrogen (secondary N) is 1. The fourth-order valence-corrected chi connectivity index (χ4v) is 3.01. The molecule has 5 nitrogen and oxygen atoms in total. The number of pyridine rings is 1. The van der Waals surface area contributed by atoms with Gasteiger partial charge < -0.3 is 5.32 Å². The van der Waals surface area contributed by atoms with Crippen molar-refractivity contribution in [3.8, 4) is 16.9 Å². The Balaban J connectivity index is 1.77. The molecule has 0 radical (unpaired) electrons. The Hall–Kier alpha value is -3.73. The first kappa shape index (κ1) is 17.7. The summed E-state index contributed by atoms with van der Waals surface area (Å²) in [6, 6.07) is 21.6. The number of hydrogen-bond donors (Lipinski definition) is 1. The Morgan fingerprint density at radius 1 is 0.929 bits per heavy atom. The van der Waals surface area contributed by atoms with E-state index >= 15 is 0 Å². The summed E-state index contributed by atoms with van der Waals surface area (Å²) in [5.74, 6) is -0.271. The van der Waals surface area contributed by atoms with Crippen LogP contribution in [0.2, 0.25) is 0 Å². The van der Waals surface area contributed by atoms with Crippen molar-refractivity contribution in [1.82, 2.24) is 14.8 Å². The number of benzene rings is 2. The molecule has 0 saturated carbocycles. The summed E-state index contributed by atoms with van der Waals surface area (Å²) < 4.78 is 1.82. The first-order valence-corrected chi connectivity index (χ1v) is 9.06. The maximum Gasteiger partial charge on any atom is 0.276 e. The van der Waals surface area contributed by atoms with Gasteiger partial charge in [0.25, 0.3) is 5.91 Å². The molecule has 0 aliphatic rings. The van der Waals surface area contributed by atoms with E-state index in [4.69, 9.17) is 0 Å². The maximum atomic E-state index is 12.7. The van der Waals surface area contributed by atoms with E-state index in [9.17, 15) is 4.79 Å². The van der Waals surface area contributed by atoms with Gasteiger partial charge in [0.1, 0.15) is 0 Å². The molecular formula is C23H20N4O. The van der Waals surface area contributed by atoms with Crippen LogP contribution in [0.15, 0.2) is 79.1 Å². The lowest BCUT2D eigenvalue weighted by molar-refractivity contribution is 0.102. The summed E-state index contributed by atoms with van der Waals surface area (Å²) in [6.45, 7) is 4.09. The molecule has 1 amide bonds. The van der Waals surface area contributed by atoms with Crippen LogP contribution in [-0.2, 0) is 0 Å². The van der Waals surface area contributed by atoms with Crippen LogP contribution in [0.4, 0.5) is 5.69 Å². The fraction of sp³-hybridized carbons (Fsp3) is 0.0870. The van der Waals surface area contributed by atoms with E-state index in [1.807, 2.05) is 54.1 Å². The van der Waals surface area contributed by atoms with Crippen molar-refractivity contribution in [3.63, 3.8) is 0 Å². The first-order chi connectivity index (χ1) is 13.6. The van der Waals surface area contributed by atoms with E-state index in [1.165, 1.54) is 5.56 Å². The average molecular weight is 368 g/mol. The largest absolute Gasteiger partial charge is 0.319 e. The summed E-state index contributed by atoms with van der Waals surface area (Å²) in [6.07, 6.45) is 3.27. The highest BCUT2D eigenvalue weighted by atomic mass is 16.1. The molecule has 2 aromatic carbocycles. The molecule has 0 unspecified atom stereocenters. The quantitative estimate of drug-likeness (QED) is 0.563. The predicted octanol–water partition coefficient (Wildman–Crippen LogP) is 4.80. The van der Waals surface area contributed by atoms with Gasteiger partial charge in [-0.25, -0.2) is 4.68 Å². The normalized spacial score (nSPS) is 10.6. The summed E-state index contributed by atoms with van der Waals surface area (Å²) >= 11 is 0. The zero-order valence-corrected chi connectivity index (χ0v) is 15.8. The third kappa shape index (κ3) is 3.69. The van der Waals surface area contributed by atoms with E-state index in [0.29, 0.717) is 11.4 Å². The molecule has 2 heterocycles. The van der Waals surface area contributed by atoms with Gasteiger partial charge in [-0.05, 0) is 49.7 Å². The molecule has 0 fully saturated rings. The molecular weight excluding hydrogens is 348 g/mol. The number of carbonyl (C=O) groups is 1. The van der Waals surface area contributed by atoms with Crippen molar-refractivity contribution in [2.45, 2.75) is 13.8 Å².